The van der Waals surface area contributed by atoms with E-state index < -0.39 is 17.9 Å². The van der Waals surface area contributed by atoms with Crippen LogP contribution < -0.4 is 14.8 Å². The van der Waals surface area contributed by atoms with Crippen molar-refractivity contribution < 1.29 is 24.2 Å². The summed E-state index contributed by atoms with van der Waals surface area (Å²) in [6.07, 6.45) is 0. The molecule has 6 heteroatoms. The van der Waals surface area contributed by atoms with Crippen LogP contribution in [0.3, 0.4) is 0 Å². The highest BCUT2D eigenvalue weighted by molar-refractivity contribution is 5.97. The fraction of sp³-hybridized carbons (Fsp3) is 0.500. The van der Waals surface area contributed by atoms with Gasteiger partial charge in [-0.2, -0.15) is 0 Å². The summed E-state index contributed by atoms with van der Waals surface area (Å²) in [6, 6.07) is 3.86. The smallest absolute Gasteiger partial charge is 0.326 e. The van der Waals surface area contributed by atoms with Crippen molar-refractivity contribution in [3.05, 3.63) is 23.8 Å². The van der Waals surface area contributed by atoms with Gasteiger partial charge in [0, 0.05) is 5.56 Å². The minimum absolute atomic E-state index is 0.212. The molecule has 0 saturated carbocycles. The predicted octanol–water partition coefficient (Wildman–Crippen LogP) is 2.32. The summed E-state index contributed by atoms with van der Waals surface area (Å²) in [5, 5.41) is 11.7. The number of nitrogens with one attached hydrogen (secondary N) is 1. The fourth-order valence-electron chi connectivity index (χ4n) is 1.93. The fourth-order valence-corrected chi connectivity index (χ4v) is 1.93. The van der Waals surface area contributed by atoms with Gasteiger partial charge in [0.05, 0.1) is 13.2 Å². The van der Waals surface area contributed by atoms with Gasteiger partial charge in [0.15, 0.2) is 11.5 Å². The van der Waals surface area contributed by atoms with Gasteiger partial charge < -0.3 is 19.9 Å². The first-order valence-electron chi connectivity index (χ1n) is 7.34. The van der Waals surface area contributed by atoms with Gasteiger partial charge in [-0.25, -0.2) is 4.79 Å². The molecule has 0 aliphatic rings. The molecule has 0 aromatic heterocycles. The van der Waals surface area contributed by atoms with Gasteiger partial charge in [0.1, 0.15) is 6.04 Å². The number of hydrogen-bond acceptors (Lipinski definition) is 4. The quantitative estimate of drug-likeness (QED) is 0.770. The highest BCUT2D eigenvalue weighted by Gasteiger charge is 2.24. The highest BCUT2D eigenvalue weighted by Crippen LogP contribution is 2.28. The number of ether oxygens (including phenoxy) is 2. The number of hydrogen-bond donors (Lipinski definition) is 2. The minimum atomic E-state index is -1.06. The molecule has 1 aromatic rings. The number of carboxylic acids is 1. The van der Waals surface area contributed by atoms with Crippen LogP contribution in [0.1, 0.15) is 38.1 Å². The van der Waals surface area contributed by atoms with E-state index in [2.05, 4.69) is 5.32 Å². The molecule has 0 aliphatic heterocycles. The Bertz CT molecular complexity index is 527. The highest BCUT2D eigenvalue weighted by atomic mass is 16.5. The topological polar surface area (TPSA) is 84.9 Å². The Balaban J connectivity index is 2.98. The molecule has 0 aliphatic carbocycles. The second-order valence-corrected chi connectivity index (χ2v) is 5.06. The first kappa shape index (κ1) is 17.8. The van der Waals surface area contributed by atoms with Crippen molar-refractivity contribution in [3.63, 3.8) is 0 Å². The summed E-state index contributed by atoms with van der Waals surface area (Å²) in [5.41, 5.74) is 0.332. The summed E-state index contributed by atoms with van der Waals surface area (Å²) in [7, 11) is 0. The summed E-state index contributed by atoms with van der Waals surface area (Å²) in [6.45, 7) is 8.10. The zero-order valence-corrected chi connectivity index (χ0v) is 13.4. The standard InChI is InChI=1S/C16H23NO5/c1-5-21-12-8-7-11(9-13(12)22-6-2)15(18)17-14(10(3)4)16(19)20/h7-10,14H,5-6H2,1-4H3,(H,17,18)(H,19,20). The Kier molecular flexibility index (Phi) is 6.69. The van der Waals surface area contributed by atoms with Crippen molar-refractivity contribution in [3.8, 4) is 11.5 Å². The summed E-state index contributed by atoms with van der Waals surface area (Å²) in [5.74, 6) is -0.701. The number of benzene rings is 1. The first-order valence-corrected chi connectivity index (χ1v) is 7.34. The third-order valence-electron chi connectivity index (χ3n) is 3.02. The lowest BCUT2D eigenvalue weighted by Crippen LogP contribution is -2.44. The van der Waals surface area contributed by atoms with Crippen LogP contribution in [-0.4, -0.2) is 36.2 Å². The van der Waals surface area contributed by atoms with E-state index in [4.69, 9.17) is 14.6 Å². The molecule has 0 spiro atoms. The number of carbonyl (C=O) groups excluding carboxylic acids is 1. The van der Waals surface area contributed by atoms with Crippen LogP contribution in [0.4, 0.5) is 0 Å². The van der Waals surface area contributed by atoms with Crippen LogP contribution in [0.15, 0.2) is 18.2 Å². The maximum absolute atomic E-state index is 12.2. The van der Waals surface area contributed by atoms with Gasteiger partial charge >= 0.3 is 5.97 Å². The third-order valence-corrected chi connectivity index (χ3v) is 3.02. The van der Waals surface area contributed by atoms with Gasteiger partial charge in [0.25, 0.3) is 5.91 Å². The van der Waals surface area contributed by atoms with Crippen LogP contribution in [0.25, 0.3) is 0 Å². The summed E-state index contributed by atoms with van der Waals surface area (Å²) >= 11 is 0. The van der Waals surface area contributed by atoms with Crippen molar-refractivity contribution in [1.29, 1.82) is 0 Å². The Morgan fingerprint density at radius 3 is 2.23 bits per heavy atom. The Morgan fingerprint density at radius 2 is 1.73 bits per heavy atom. The van der Waals surface area contributed by atoms with E-state index in [9.17, 15) is 9.59 Å². The van der Waals surface area contributed by atoms with Gasteiger partial charge in [-0.15, -0.1) is 0 Å². The molecule has 1 aromatic carbocycles. The van der Waals surface area contributed by atoms with E-state index in [0.717, 1.165) is 0 Å². The Labute approximate surface area is 130 Å². The molecule has 1 rings (SSSR count). The summed E-state index contributed by atoms with van der Waals surface area (Å²) in [4.78, 5) is 23.4. The lowest BCUT2D eigenvalue weighted by atomic mass is 10.0. The average Bonchev–Trinajstić information content (AvgIpc) is 2.46. The normalized spacial score (nSPS) is 11.9. The van der Waals surface area contributed by atoms with E-state index in [0.29, 0.717) is 30.3 Å². The number of amides is 1. The molecule has 2 N–H and O–H groups in total. The monoisotopic (exact) mass is 309 g/mol. The van der Waals surface area contributed by atoms with Crippen LogP contribution in [0.2, 0.25) is 0 Å². The van der Waals surface area contributed by atoms with E-state index in [1.165, 1.54) is 0 Å². The molecule has 1 amide bonds. The lowest BCUT2D eigenvalue weighted by molar-refractivity contribution is -0.140. The van der Waals surface area contributed by atoms with Crippen molar-refractivity contribution in [1.82, 2.24) is 5.32 Å². The Hall–Kier alpha value is -2.24. The van der Waals surface area contributed by atoms with E-state index in [1.54, 1.807) is 32.0 Å². The number of carboxylic acid groups (broad SMARTS) is 1. The lowest BCUT2D eigenvalue weighted by Gasteiger charge is -2.18. The van der Waals surface area contributed by atoms with Crippen LogP contribution in [-0.2, 0) is 4.79 Å². The second-order valence-electron chi connectivity index (χ2n) is 5.06. The number of aliphatic carboxylic acids is 1. The first-order chi connectivity index (χ1) is 10.4. The number of carbonyl (C=O) groups is 2. The van der Waals surface area contributed by atoms with E-state index in [1.807, 2.05) is 13.8 Å². The number of rotatable bonds is 8. The Morgan fingerprint density at radius 1 is 1.14 bits per heavy atom. The zero-order chi connectivity index (χ0) is 16.7. The van der Waals surface area contributed by atoms with Crippen molar-refractivity contribution in [2.24, 2.45) is 5.92 Å². The summed E-state index contributed by atoms with van der Waals surface area (Å²) < 4.78 is 10.9. The van der Waals surface area contributed by atoms with Crippen LogP contribution in [0.5, 0.6) is 11.5 Å². The molecule has 1 atom stereocenters. The molecule has 0 heterocycles. The second kappa shape index (κ2) is 8.26. The van der Waals surface area contributed by atoms with Gasteiger partial charge in [-0.05, 0) is 38.0 Å². The molecule has 0 fully saturated rings. The van der Waals surface area contributed by atoms with Crippen molar-refractivity contribution in [2.75, 3.05) is 13.2 Å². The molecule has 122 valence electrons. The molecule has 0 bridgehead atoms. The van der Waals surface area contributed by atoms with Crippen LogP contribution >= 0.6 is 0 Å². The molecule has 6 nitrogen and oxygen atoms in total. The average molecular weight is 309 g/mol. The molecular weight excluding hydrogens is 286 g/mol. The molecule has 22 heavy (non-hydrogen) atoms. The van der Waals surface area contributed by atoms with E-state index >= 15 is 0 Å². The maximum atomic E-state index is 12.2. The molecule has 0 radical (unpaired) electrons. The molecular formula is C16H23NO5. The van der Waals surface area contributed by atoms with E-state index in [-0.39, 0.29) is 5.92 Å². The molecule has 0 saturated heterocycles. The SMILES string of the molecule is CCOc1ccc(C(=O)NC(C(=O)O)C(C)C)cc1OCC. The zero-order valence-electron chi connectivity index (χ0n) is 13.4. The largest absolute Gasteiger partial charge is 0.490 e. The van der Waals surface area contributed by atoms with Crippen molar-refractivity contribution >= 4 is 11.9 Å². The van der Waals surface area contributed by atoms with Crippen molar-refractivity contribution in [2.45, 2.75) is 33.7 Å². The van der Waals surface area contributed by atoms with Gasteiger partial charge in [-0.1, -0.05) is 13.8 Å². The minimum Gasteiger partial charge on any atom is -0.490 e. The van der Waals surface area contributed by atoms with Gasteiger partial charge in [0.2, 0.25) is 0 Å². The van der Waals surface area contributed by atoms with Gasteiger partial charge in [-0.3, -0.25) is 4.79 Å². The van der Waals surface area contributed by atoms with Crippen LogP contribution in [0, 0.1) is 5.92 Å². The maximum Gasteiger partial charge on any atom is 0.326 e. The third kappa shape index (κ3) is 4.65. The molecule has 1 unspecified atom stereocenters. The predicted molar refractivity (Wildman–Crippen MR) is 82.5 cm³/mol.